The summed E-state index contributed by atoms with van der Waals surface area (Å²) >= 11 is 1.28. The second kappa shape index (κ2) is 9.82. The standard InChI is InChI=1S/C19H23N3O3S/c1-4-11-20-19-22(12-5-2)17(23)13-16(26-19)18(24)21-14-7-9-15(10-8-14)25-6-3/h4-5,7-10,16H,1-2,6,11-13H2,3H3,(H,21,24). The summed E-state index contributed by atoms with van der Waals surface area (Å²) in [7, 11) is 0. The third-order valence-electron chi connectivity index (χ3n) is 3.53. The van der Waals surface area contributed by atoms with Crippen molar-refractivity contribution in [1.29, 1.82) is 0 Å². The van der Waals surface area contributed by atoms with Crippen LogP contribution in [0.25, 0.3) is 0 Å². The summed E-state index contributed by atoms with van der Waals surface area (Å²) in [6.07, 6.45) is 3.41. The van der Waals surface area contributed by atoms with E-state index in [2.05, 4.69) is 23.5 Å². The molecule has 7 heteroatoms. The topological polar surface area (TPSA) is 71.0 Å². The van der Waals surface area contributed by atoms with Crippen LogP contribution in [0.15, 0.2) is 54.6 Å². The molecule has 1 aliphatic heterocycles. The van der Waals surface area contributed by atoms with E-state index in [0.717, 1.165) is 5.75 Å². The number of nitrogens with one attached hydrogen (secondary N) is 1. The van der Waals surface area contributed by atoms with Crippen molar-refractivity contribution in [2.24, 2.45) is 4.99 Å². The van der Waals surface area contributed by atoms with Gasteiger partial charge in [0, 0.05) is 18.7 Å². The normalized spacial score (nSPS) is 18.5. The molecule has 2 rings (SSSR count). The highest BCUT2D eigenvalue weighted by atomic mass is 32.2. The fourth-order valence-electron chi connectivity index (χ4n) is 2.35. The molecule has 1 atom stereocenters. The van der Waals surface area contributed by atoms with E-state index < -0.39 is 5.25 Å². The van der Waals surface area contributed by atoms with Gasteiger partial charge in [0.25, 0.3) is 0 Å². The Morgan fingerprint density at radius 3 is 2.73 bits per heavy atom. The smallest absolute Gasteiger partial charge is 0.238 e. The van der Waals surface area contributed by atoms with E-state index in [4.69, 9.17) is 4.74 Å². The number of ether oxygens (including phenoxy) is 1. The number of thioether (sulfide) groups is 1. The number of rotatable bonds is 8. The van der Waals surface area contributed by atoms with Gasteiger partial charge in [-0.05, 0) is 31.2 Å². The van der Waals surface area contributed by atoms with E-state index in [1.54, 1.807) is 41.3 Å². The SMILES string of the molecule is C=CCN=C1SC(C(=O)Nc2ccc(OCC)cc2)CC(=O)N1CC=C. The van der Waals surface area contributed by atoms with E-state index in [-0.39, 0.29) is 18.2 Å². The molecule has 1 N–H and O–H groups in total. The number of carbonyl (C=O) groups excluding carboxylic acids is 2. The number of hydrogen-bond donors (Lipinski definition) is 1. The molecule has 0 saturated carbocycles. The van der Waals surface area contributed by atoms with E-state index >= 15 is 0 Å². The number of amidine groups is 1. The minimum atomic E-state index is -0.529. The first-order valence-corrected chi connectivity index (χ1v) is 9.24. The first kappa shape index (κ1) is 19.8. The van der Waals surface area contributed by atoms with E-state index in [1.165, 1.54) is 11.8 Å². The van der Waals surface area contributed by atoms with E-state index in [1.807, 2.05) is 6.92 Å². The molecule has 1 aromatic carbocycles. The van der Waals surface area contributed by atoms with Crippen LogP contribution in [0.1, 0.15) is 13.3 Å². The quantitative estimate of drug-likeness (QED) is 0.711. The highest BCUT2D eigenvalue weighted by Gasteiger charge is 2.35. The van der Waals surface area contributed by atoms with Gasteiger partial charge in [-0.2, -0.15) is 0 Å². The summed E-state index contributed by atoms with van der Waals surface area (Å²) in [5, 5.41) is 2.84. The molecule has 0 spiro atoms. The molecule has 26 heavy (non-hydrogen) atoms. The Balaban J connectivity index is 2.07. The van der Waals surface area contributed by atoms with Crippen LogP contribution in [-0.4, -0.2) is 46.8 Å². The molecule has 0 bridgehead atoms. The summed E-state index contributed by atoms with van der Waals surface area (Å²) in [4.78, 5) is 30.9. The van der Waals surface area contributed by atoms with Crippen LogP contribution in [0.5, 0.6) is 5.75 Å². The van der Waals surface area contributed by atoms with Crippen molar-refractivity contribution < 1.29 is 14.3 Å². The van der Waals surface area contributed by atoms with Crippen LogP contribution >= 0.6 is 11.8 Å². The molecule has 0 aromatic heterocycles. The molecule has 1 aliphatic rings. The zero-order chi connectivity index (χ0) is 18.9. The van der Waals surface area contributed by atoms with Gasteiger partial charge in [-0.3, -0.25) is 19.5 Å². The minimum absolute atomic E-state index is 0.120. The number of hydrogen-bond acceptors (Lipinski definition) is 5. The van der Waals surface area contributed by atoms with Crippen molar-refractivity contribution >= 4 is 34.4 Å². The Bertz CT molecular complexity index is 700. The highest BCUT2D eigenvalue weighted by Crippen LogP contribution is 2.28. The summed E-state index contributed by atoms with van der Waals surface area (Å²) < 4.78 is 5.38. The average Bonchev–Trinajstić information content (AvgIpc) is 2.64. The maximum atomic E-state index is 12.6. The summed E-state index contributed by atoms with van der Waals surface area (Å²) in [5.74, 6) is 0.377. The zero-order valence-corrected chi connectivity index (χ0v) is 15.6. The molecule has 0 radical (unpaired) electrons. The summed E-state index contributed by atoms with van der Waals surface area (Å²) in [6.45, 7) is 10.6. The first-order valence-electron chi connectivity index (χ1n) is 8.36. The highest BCUT2D eigenvalue weighted by molar-refractivity contribution is 8.15. The largest absolute Gasteiger partial charge is 0.494 e. The Kier molecular flexibility index (Phi) is 7.47. The van der Waals surface area contributed by atoms with Gasteiger partial charge in [-0.25, -0.2) is 0 Å². The number of aliphatic imine (C=N–C) groups is 1. The molecule has 138 valence electrons. The lowest BCUT2D eigenvalue weighted by molar-refractivity contribution is -0.129. The average molecular weight is 373 g/mol. The van der Waals surface area contributed by atoms with Crippen molar-refractivity contribution in [2.75, 3.05) is 25.0 Å². The molecular formula is C19H23N3O3S. The van der Waals surface area contributed by atoms with Gasteiger partial charge < -0.3 is 10.1 Å². The van der Waals surface area contributed by atoms with Gasteiger partial charge in [0.15, 0.2) is 5.17 Å². The van der Waals surface area contributed by atoms with Crippen LogP contribution < -0.4 is 10.1 Å². The second-order valence-electron chi connectivity index (χ2n) is 5.46. The van der Waals surface area contributed by atoms with Crippen molar-refractivity contribution in [3.05, 3.63) is 49.6 Å². The maximum Gasteiger partial charge on any atom is 0.238 e. The molecule has 6 nitrogen and oxygen atoms in total. The molecule has 2 amide bonds. The molecule has 0 aliphatic carbocycles. The Morgan fingerprint density at radius 1 is 1.38 bits per heavy atom. The number of nitrogens with zero attached hydrogens (tertiary/aromatic N) is 2. The van der Waals surface area contributed by atoms with Gasteiger partial charge >= 0.3 is 0 Å². The van der Waals surface area contributed by atoms with Crippen molar-refractivity contribution in [1.82, 2.24) is 4.90 Å². The molecule has 1 unspecified atom stereocenters. The Hall–Kier alpha value is -2.54. The number of anilines is 1. The van der Waals surface area contributed by atoms with Gasteiger partial charge in [-0.1, -0.05) is 23.9 Å². The zero-order valence-electron chi connectivity index (χ0n) is 14.8. The van der Waals surface area contributed by atoms with Crippen LogP contribution in [0, 0.1) is 0 Å². The number of benzene rings is 1. The molecule has 1 saturated heterocycles. The Labute approximate surface area is 158 Å². The van der Waals surface area contributed by atoms with Gasteiger partial charge in [0.05, 0.1) is 13.2 Å². The van der Waals surface area contributed by atoms with Crippen molar-refractivity contribution in [2.45, 2.75) is 18.6 Å². The van der Waals surface area contributed by atoms with E-state index in [9.17, 15) is 9.59 Å². The second-order valence-corrected chi connectivity index (χ2v) is 6.63. The maximum absolute atomic E-state index is 12.6. The predicted molar refractivity (Wildman–Crippen MR) is 107 cm³/mol. The summed E-state index contributed by atoms with van der Waals surface area (Å²) in [5.41, 5.74) is 0.657. The van der Waals surface area contributed by atoms with Gasteiger partial charge in [0.2, 0.25) is 11.8 Å². The fraction of sp³-hybridized carbons (Fsp3) is 0.316. The molecule has 1 heterocycles. The van der Waals surface area contributed by atoms with Crippen molar-refractivity contribution in [3.63, 3.8) is 0 Å². The Morgan fingerprint density at radius 2 is 2.12 bits per heavy atom. The molecule has 1 aromatic rings. The third kappa shape index (κ3) is 5.23. The number of amides is 2. The predicted octanol–water partition coefficient (Wildman–Crippen LogP) is 3.09. The van der Waals surface area contributed by atoms with E-state index in [0.29, 0.717) is 30.6 Å². The van der Waals surface area contributed by atoms with Crippen molar-refractivity contribution in [3.8, 4) is 5.75 Å². The third-order valence-corrected chi connectivity index (χ3v) is 4.76. The summed E-state index contributed by atoms with van der Waals surface area (Å²) in [6, 6.07) is 7.13. The number of carbonyl (C=O) groups is 2. The lowest BCUT2D eigenvalue weighted by Crippen LogP contribution is -2.45. The monoisotopic (exact) mass is 373 g/mol. The van der Waals surface area contributed by atoms with Crippen LogP contribution in [-0.2, 0) is 9.59 Å². The fourth-order valence-corrected chi connectivity index (χ4v) is 3.45. The molecular weight excluding hydrogens is 350 g/mol. The lowest BCUT2D eigenvalue weighted by atomic mass is 10.2. The van der Waals surface area contributed by atoms with Crippen LogP contribution in [0.2, 0.25) is 0 Å². The van der Waals surface area contributed by atoms with Crippen LogP contribution in [0.4, 0.5) is 5.69 Å². The van der Waals surface area contributed by atoms with Gasteiger partial charge in [-0.15, -0.1) is 13.2 Å². The van der Waals surface area contributed by atoms with Gasteiger partial charge in [0.1, 0.15) is 11.0 Å². The molecule has 1 fully saturated rings. The van der Waals surface area contributed by atoms with Crippen LogP contribution in [0.3, 0.4) is 0 Å². The minimum Gasteiger partial charge on any atom is -0.494 e. The first-order chi connectivity index (χ1) is 12.6. The lowest BCUT2D eigenvalue weighted by Gasteiger charge is -2.31.